The number of rotatable bonds is 5. The van der Waals surface area contributed by atoms with E-state index in [1.54, 1.807) is 0 Å². The van der Waals surface area contributed by atoms with E-state index >= 15 is 0 Å². The van der Waals surface area contributed by atoms with Crippen LogP contribution >= 0.6 is 15.9 Å². The molecule has 1 saturated carbocycles. The lowest BCUT2D eigenvalue weighted by molar-refractivity contribution is -0.0326. The molecule has 0 spiro atoms. The Morgan fingerprint density at radius 2 is 1.96 bits per heavy atom. The molecule has 1 heterocycles. The van der Waals surface area contributed by atoms with Gasteiger partial charge in [0, 0.05) is 36.1 Å². The second-order valence-corrected chi connectivity index (χ2v) is 8.71. The Labute approximate surface area is 163 Å². The van der Waals surface area contributed by atoms with Crippen LogP contribution < -0.4 is 5.32 Å². The molecule has 26 heavy (non-hydrogen) atoms. The predicted molar refractivity (Wildman–Crippen MR) is 106 cm³/mol. The van der Waals surface area contributed by atoms with E-state index in [9.17, 15) is 9.90 Å². The van der Waals surface area contributed by atoms with Gasteiger partial charge < -0.3 is 20.4 Å². The summed E-state index contributed by atoms with van der Waals surface area (Å²) in [5.74, 6) is 0.0873. The molecule has 1 aliphatic heterocycles. The number of aliphatic hydroxyl groups is 1. The maximum atomic E-state index is 11.4. The van der Waals surface area contributed by atoms with E-state index in [0.717, 1.165) is 62.6 Å². The minimum absolute atomic E-state index is 0.0471. The number of hydrogen-bond donors (Lipinski definition) is 3. The highest BCUT2D eigenvalue weighted by Gasteiger charge is 2.40. The molecule has 1 atom stereocenters. The number of carbonyl (C=O) groups is 1. The van der Waals surface area contributed by atoms with Gasteiger partial charge in [-0.05, 0) is 43.4 Å². The van der Waals surface area contributed by atoms with Gasteiger partial charge in [0.2, 0.25) is 0 Å². The Kier molecular flexibility index (Phi) is 6.59. The third-order valence-electron chi connectivity index (χ3n) is 5.98. The smallest absolute Gasteiger partial charge is 0.404 e. The van der Waals surface area contributed by atoms with E-state index in [2.05, 4.69) is 38.3 Å². The Balaban J connectivity index is 1.71. The van der Waals surface area contributed by atoms with E-state index in [1.807, 2.05) is 12.1 Å². The summed E-state index contributed by atoms with van der Waals surface area (Å²) < 4.78 is 1.05. The van der Waals surface area contributed by atoms with Gasteiger partial charge in [-0.25, -0.2) is 4.79 Å². The van der Waals surface area contributed by atoms with Crippen LogP contribution in [0.1, 0.15) is 56.4 Å². The van der Waals surface area contributed by atoms with Gasteiger partial charge in [-0.2, -0.15) is 0 Å². The normalized spacial score (nSPS) is 22.7. The molecule has 1 aliphatic carbocycles. The van der Waals surface area contributed by atoms with Crippen LogP contribution in [0, 0.1) is 0 Å². The van der Waals surface area contributed by atoms with Crippen molar-refractivity contribution in [3.63, 3.8) is 0 Å². The van der Waals surface area contributed by atoms with Crippen molar-refractivity contribution in [2.45, 2.75) is 62.5 Å². The van der Waals surface area contributed by atoms with Gasteiger partial charge in [-0.3, -0.25) is 0 Å². The van der Waals surface area contributed by atoms with Crippen LogP contribution in [0.3, 0.4) is 0 Å². The number of hydrogen-bond acceptors (Lipinski definition) is 3. The van der Waals surface area contributed by atoms with Crippen molar-refractivity contribution in [1.82, 2.24) is 10.2 Å². The topological polar surface area (TPSA) is 72.8 Å². The number of halogens is 1. The Hall–Kier alpha value is -1.11. The molecule has 1 amide bonds. The van der Waals surface area contributed by atoms with Gasteiger partial charge in [0.05, 0.1) is 5.60 Å². The minimum Gasteiger partial charge on any atom is -0.465 e. The third-order valence-corrected chi connectivity index (χ3v) is 6.47. The van der Waals surface area contributed by atoms with Crippen LogP contribution in [0.4, 0.5) is 4.79 Å². The summed E-state index contributed by atoms with van der Waals surface area (Å²) >= 11 is 3.57. The van der Waals surface area contributed by atoms with Gasteiger partial charge in [-0.1, -0.05) is 47.3 Å². The molecular formula is C20H29BrN2O3. The lowest BCUT2D eigenvalue weighted by Crippen LogP contribution is -2.49. The average Bonchev–Trinajstić information content (AvgIpc) is 2.61. The summed E-state index contributed by atoms with van der Waals surface area (Å²) in [5.41, 5.74) is 0.546. The highest BCUT2D eigenvalue weighted by Crippen LogP contribution is 2.41. The summed E-state index contributed by atoms with van der Waals surface area (Å²) in [4.78, 5) is 13.2. The monoisotopic (exact) mass is 424 g/mol. The molecule has 0 bridgehead atoms. The summed E-state index contributed by atoms with van der Waals surface area (Å²) in [6.45, 7) is 2.56. The SMILES string of the molecule is O=C(O)NC1CCN(CC(c2cccc(Br)c2)C2(O)CCCCC2)CC1. The Morgan fingerprint density at radius 3 is 2.58 bits per heavy atom. The highest BCUT2D eigenvalue weighted by atomic mass is 79.9. The van der Waals surface area contributed by atoms with Crippen molar-refractivity contribution in [2.75, 3.05) is 19.6 Å². The number of benzene rings is 1. The quantitative estimate of drug-likeness (QED) is 0.668. The zero-order chi connectivity index (χ0) is 18.6. The molecule has 2 aliphatic rings. The number of piperidine rings is 1. The molecule has 2 fully saturated rings. The fourth-order valence-electron chi connectivity index (χ4n) is 4.51. The first-order chi connectivity index (χ1) is 12.5. The van der Waals surface area contributed by atoms with Crippen LogP contribution in [0.2, 0.25) is 0 Å². The zero-order valence-electron chi connectivity index (χ0n) is 15.2. The van der Waals surface area contributed by atoms with Crippen molar-refractivity contribution in [3.8, 4) is 0 Å². The van der Waals surface area contributed by atoms with Crippen LogP contribution in [-0.4, -0.2) is 52.5 Å². The minimum atomic E-state index is -0.938. The molecule has 1 saturated heterocycles. The standard InChI is InChI=1S/C20H29BrN2O3/c21-16-6-4-5-15(13-16)18(20(26)9-2-1-3-10-20)14-23-11-7-17(8-12-23)22-19(24)25/h4-6,13,17-18,22,26H,1-3,7-12,14H2,(H,24,25). The maximum absolute atomic E-state index is 11.4. The van der Waals surface area contributed by atoms with E-state index in [4.69, 9.17) is 5.11 Å². The molecule has 5 nitrogen and oxygen atoms in total. The molecule has 144 valence electrons. The second kappa shape index (κ2) is 8.72. The van der Waals surface area contributed by atoms with E-state index in [1.165, 1.54) is 12.0 Å². The van der Waals surface area contributed by atoms with Crippen molar-refractivity contribution in [2.24, 2.45) is 0 Å². The average molecular weight is 425 g/mol. The van der Waals surface area contributed by atoms with Crippen LogP contribution in [0.25, 0.3) is 0 Å². The highest BCUT2D eigenvalue weighted by molar-refractivity contribution is 9.10. The number of nitrogens with zero attached hydrogens (tertiary/aromatic N) is 1. The molecular weight excluding hydrogens is 396 g/mol. The van der Waals surface area contributed by atoms with Crippen molar-refractivity contribution >= 4 is 22.0 Å². The Morgan fingerprint density at radius 1 is 1.27 bits per heavy atom. The lowest BCUT2D eigenvalue weighted by atomic mass is 9.72. The summed E-state index contributed by atoms with van der Waals surface area (Å²) in [7, 11) is 0. The van der Waals surface area contributed by atoms with E-state index in [0.29, 0.717) is 0 Å². The Bertz CT molecular complexity index is 611. The first-order valence-corrected chi connectivity index (χ1v) is 10.5. The van der Waals surface area contributed by atoms with Crippen LogP contribution in [0.5, 0.6) is 0 Å². The number of carboxylic acid groups (broad SMARTS) is 1. The van der Waals surface area contributed by atoms with E-state index < -0.39 is 11.7 Å². The molecule has 0 radical (unpaired) electrons. The molecule has 1 unspecified atom stereocenters. The number of amides is 1. The number of likely N-dealkylation sites (tertiary alicyclic amines) is 1. The first kappa shape index (κ1) is 19.6. The third kappa shape index (κ3) is 4.99. The summed E-state index contributed by atoms with van der Waals surface area (Å²) in [6.07, 6.45) is 5.83. The molecule has 3 N–H and O–H groups in total. The lowest BCUT2D eigenvalue weighted by Gasteiger charge is -2.43. The van der Waals surface area contributed by atoms with Gasteiger partial charge in [0.1, 0.15) is 0 Å². The van der Waals surface area contributed by atoms with Gasteiger partial charge >= 0.3 is 6.09 Å². The predicted octanol–water partition coefficient (Wildman–Crippen LogP) is 3.96. The molecule has 6 heteroatoms. The van der Waals surface area contributed by atoms with Gasteiger partial charge in [-0.15, -0.1) is 0 Å². The molecule has 0 aromatic heterocycles. The van der Waals surface area contributed by atoms with Crippen molar-refractivity contribution in [1.29, 1.82) is 0 Å². The van der Waals surface area contributed by atoms with Crippen molar-refractivity contribution in [3.05, 3.63) is 34.3 Å². The number of nitrogens with one attached hydrogen (secondary N) is 1. The van der Waals surface area contributed by atoms with Crippen LogP contribution in [-0.2, 0) is 0 Å². The fourth-order valence-corrected chi connectivity index (χ4v) is 4.93. The molecule has 1 aromatic carbocycles. The molecule has 1 aromatic rings. The largest absolute Gasteiger partial charge is 0.465 e. The second-order valence-electron chi connectivity index (χ2n) is 7.80. The van der Waals surface area contributed by atoms with Gasteiger partial charge in [0.15, 0.2) is 0 Å². The molecule has 3 rings (SSSR count). The van der Waals surface area contributed by atoms with Crippen molar-refractivity contribution < 1.29 is 15.0 Å². The summed E-state index contributed by atoms with van der Waals surface area (Å²) in [5, 5.41) is 22.9. The first-order valence-electron chi connectivity index (χ1n) is 9.66. The van der Waals surface area contributed by atoms with E-state index in [-0.39, 0.29) is 12.0 Å². The van der Waals surface area contributed by atoms with Crippen LogP contribution in [0.15, 0.2) is 28.7 Å². The summed E-state index contributed by atoms with van der Waals surface area (Å²) in [6, 6.07) is 8.37. The maximum Gasteiger partial charge on any atom is 0.404 e. The van der Waals surface area contributed by atoms with Gasteiger partial charge in [0.25, 0.3) is 0 Å². The fraction of sp³-hybridized carbons (Fsp3) is 0.650. The zero-order valence-corrected chi connectivity index (χ0v) is 16.7.